The highest BCUT2D eigenvalue weighted by molar-refractivity contribution is 7.22. The van der Waals surface area contributed by atoms with Gasteiger partial charge in [0.1, 0.15) is 23.2 Å². The molecule has 10 rings (SSSR count). The van der Waals surface area contributed by atoms with Gasteiger partial charge in [0.05, 0.1) is 28.6 Å². The molecule has 2 atom stereocenters. The molecule has 4 bridgehead atoms. The number of nitrogens with two attached hydrogens (primary N) is 1. The van der Waals surface area contributed by atoms with E-state index in [1.54, 1.807) is 0 Å². The Labute approximate surface area is 345 Å². The maximum Gasteiger partial charge on any atom is 0.299 e. The summed E-state index contributed by atoms with van der Waals surface area (Å²) in [5.74, 6) is 0.413. The molecule has 12 nitrogen and oxygen atoms in total. The molecule has 1 aromatic carbocycles. The fourth-order valence-corrected chi connectivity index (χ4v) is 13.5. The quantitative estimate of drug-likeness (QED) is 0.0769. The molecule has 2 unspecified atom stereocenters. The van der Waals surface area contributed by atoms with Gasteiger partial charge in [-0.25, -0.2) is 9.98 Å². The van der Waals surface area contributed by atoms with Crippen molar-refractivity contribution in [3.8, 4) is 0 Å². The first-order valence-corrected chi connectivity index (χ1v) is 21.9. The summed E-state index contributed by atoms with van der Waals surface area (Å²) in [6.07, 6.45) is 16.7. The Kier molecular flexibility index (Phi) is 9.67. The number of ether oxygens (including phenoxy) is 1. The number of rotatable bonds is 10. The van der Waals surface area contributed by atoms with E-state index in [-0.39, 0.29) is 27.5 Å². The zero-order chi connectivity index (χ0) is 40.6. The summed E-state index contributed by atoms with van der Waals surface area (Å²) in [5.41, 5.74) is 13.3. The van der Waals surface area contributed by atoms with Crippen molar-refractivity contribution in [3.05, 3.63) is 82.0 Å². The van der Waals surface area contributed by atoms with Crippen LogP contribution in [0.5, 0.6) is 0 Å². The summed E-state index contributed by atoms with van der Waals surface area (Å²) in [4.78, 5) is 13.7. The number of likely N-dealkylation sites (tertiary alicyclic amines) is 2. The molecular formula is C45H59N9O3S. The first-order valence-electron chi connectivity index (χ1n) is 21.1. The highest BCUT2D eigenvalue weighted by Crippen LogP contribution is 2.72. The zero-order valence-corrected chi connectivity index (χ0v) is 35.6. The molecule has 4 saturated carbocycles. The number of thiazole rings is 1. The molecule has 58 heavy (non-hydrogen) atoms. The number of benzene rings is 1. The van der Waals surface area contributed by atoms with Gasteiger partial charge in [0.25, 0.3) is 5.95 Å². The lowest BCUT2D eigenvalue weighted by Gasteiger charge is -2.69. The molecule has 6 N–H and O–H groups in total. The second-order valence-corrected chi connectivity index (χ2v) is 20.2. The van der Waals surface area contributed by atoms with Crippen LogP contribution in [0.4, 0.5) is 5.13 Å². The van der Waals surface area contributed by atoms with Gasteiger partial charge >= 0.3 is 0 Å². The van der Waals surface area contributed by atoms with Crippen LogP contribution in [0.1, 0.15) is 102 Å². The van der Waals surface area contributed by atoms with E-state index in [0.29, 0.717) is 41.2 Å². The molecule has 2 saturated heterocycles. The smallest absolute Gasteiger partial charge is 0.299 e. The Morgan fingerprint density at radius 2 is 1.78 bits per heavy atom. The van der Waals surface area contributed by atoms with E-state index in [1.807, 2.05) is 42.3 Å². The molecule has 5 heterocycles. The molecule has 0 radical (unpaired) electrons. The molecule has 3 aliphatic heterocycles. The van der Waals surface area contributed by atoms with Crippen LogP contribution in [-0.2, 0) is 11.3 Å². The molecule has 4 aliphatic carbocycles. The Morgan fingerprint density at radius 3 is 2.52 bits per heavy atom. The number of piperidine rings is 1. The number of aliphatic hydroxyl groups excluding tert-OH is 1. The lowest BCUT2D eigenvalue weighted by Crippen LogP contribution is -2.64. The Balaban J connectivity index is 0.947. The number of amidine groups is 2. The van der Waals surface area contributed by atoms with Gasteiger partial charge < -0.3 is 35.8 Å². The topological polar surface area (TPSA) is 161 Å². The van der Waals surface area contributed by atoms with Crippen LogP contribution in [0.25, 0.3) is 15.8 Å². The fourth-order valence-electron chi connectivity index (χ4n) is 12.6. The Morgan fingerprint density at radius 1 is 1.02 bits per heavy atom. The lowest BCUT2D eigenvalue weighted by atomic mass is 9.39. The van der Waals surface area contributed by atoms with Crippen molar-refractivity contribution < 1.29 is 14.9 Å². The number of nitrogens with zero attached hydrogens (tertiary/aromatic N) is 6. The Hall–Kier alpha value is -4.46. The third kappa shape index (κ3) is 7.17. The molecule has 2 aromatic heterocycles. The van der Waals surface area contributed by atoms with Gasteiger partial charge in [0.2, 0.25) is 5.13 Å². The predicted octanol–water partition coefficient (Wildman–Crippen LogP) is 8.53. The monoisotopic (exact) mass is 805 g/mol. The van der Waals surface area contributed by atoms with Crippen molar-refractivity contribution in [2.75, 3.05) is 32.8 Å². The van der Waals surface area contributed by atoms with E-state index in [4.69, 9.17) is 15.6 Å². The SMILES string of the molecule is CC(=C1\CCCN(C2=CC=C(c3cnn(CC45CC6(C)CC(C)(C4)CC(OCCN4CCCC4)(C6)C5)c3C)C(=C(O)O)N2)C1=N)/C(N)=N\c1nc2ccc(C)cc2s1. The Bertz CT molecular complexity index is 2300. The summed E-state index contributed by atoms with van der Waals surface area (Å²) >= 11 is 1.50. The van der Waals surface area contributed by atoms with Gasteiger partial charge in [-0.1, -0.05) is 31.3 Å². The van der Waals surface area contributed by atoms with Crippen molar-refractivity contribution in [2.24, 2.45) is 27.0 Å². The summed E-state index contributed by atoms with van der Waals surface area (Å²) in [6, 6.07) is 6.12. The first kappa shape index (κ1) is 39.0. The minimum absolute atomic E-state index is 0.0819. The van der Waals surface area contributed by atoms with Crippen LogP contribution in [-0.4, -0.2) is 84.8 Å². The summed E-state index contributed by atoms with van der Waals surface area (Å²) in [7, 11) is 0. The maximum atomic E-state index is 10.7. The molecule has 7 aliphatic rings. The number of aliphatic imine (C=N–C) groups is 1. The van der Waals surface area contributed by atoms with Crippen LogP contribution in [0, 0.1) is 35.5 Å². The van der Waals surface area contributed by atoms with Crippen molar-refractivity contribution >= 4 is 43.9 Å². The van der Waals surface area contributed by atoms with Crippen LogP contribution in [0.3, 0.4) is 0 Å². The summed E-state index contributed by atoms with van der Waals surface area (Å²) in [5, 5.41) is 39.5. The minimum Gasteiger partial charge on any atom is -0.480 e. The number of nitrogens with one attached hydrogen (secondary N) is 2. The normalized spacial score (nSPS) is 30.9. The van der Waals surface area contributed by atoms with Crippen LogP contribution in [0.15, 0.2) is 70.1 Å². The molecule has 0 spiro atoms. The largest absolute Gasteiger partial charge is 0.480 e. The second-order valence-electron chi connectivity index (χ2n) is 19.2. The van der Waals surface area contributed by atoms with Gasteiger partial charge in [0, 0.05) is 42.0 Å². The van der Waals surface area contributed by atoms with Crippen LogP contribution >= 0.6 is 11.3 Å². The molecule has 6 fully saturated rings. The summed E-state index contributed by atoms with van der Waals surface area (Å²) in [6.45, 7) is 16.7. The van der Waals surface area contributed by atoms with Crippen molar-refractivity contribution in [1.82, 2.24) is 29.9 Å². The van der Waals surface area contributed by atoms with E-state index in [1.165, 1.54) is 56.5 Å². The van der Waals surface area contributed by atoms with Gasteiger partial charge in [-0.15, -0.1) is 0 Å². The molecule has 3 aromatic rings. The van der Waals surface area contributed by atoms with E-state index in [9.17, 15) is 15.6 Å². The molecule has 13 heteroatoms. The predicted molar refractivity (Wildman–Crippen MR) is 231 cm³/mol. The number of aryl methyl sites for hydroxylation is 1. The number of aliphatic hydroxyl groups is 2. The highest BCUT2D eigenvalue weighted by atomic mass is 32.1. The first-order chi connectivity index (χ1) is 27.6. The van der Waals surface area contributed by atoms with Gasteiger partial charge in [0.15, 0.2) is 0 Å². The van der Waals surface area contributed by atoms with Crippen LogP contribution < -0.4 is 11.1 Å². The van der Waals surface area contributed by atoms with Gasteiger partial charge in [-0.2, -0.15) is 5.10 Å². The fraction of sp³-hybridized carbons (Fsp3) is 0.556. The number of fused-ring (bicyclic) bond motifs is 1. The average Bonchev–Trinajstić information content (AvgIpc) is 3.90. The molecule has 308 valence electrons. The third-order valence-corrected chi connectivity index (χ3v) is 14.9. The number of aromatic nitrogens is 3. The van der Waals surface area contributed by atoms with Crippen LogP contribution in [0.2, 0.25) is 0 Å². The van der Waals surface area contributed by atoms with E-state index in [2.05, 4.69) is 58.6 Å². The minimum atomic E-state index is -0.808. The zero-order valence-electron chi connectivity index (χ0n) is 34.7. The van der Waals surface area contributed by atoms with E-state index < -0.39 is 5.95 Å². The van der Waals surface area contributed by atoms with E-state index in [0.717, 1.165) is 83.6 Å². The number of hydrogen-bond donors (Lipinski definition) is 5. The van der Waals surface area contributed by atoms with Crippen molar-refractivity contribution in [1.29, 1.82) is 5.41 Å². The van der Waals surface area contributed by atoms with Crippen molar-refractivity contribution in [2.45, 2.75) is 111 Å². The lowest BCUT2D eigenvalue weighted by molar-refractivity contribution is -0.248. The third-order valence-electron chi connectivity index (χ3n) is 13.9. The molecule has 0 amide bonds. The highest BCUT2D eigenvalue weighted by Gasteiger charge is 2.66. The molecular weight excluding hydrogens is 747 g/mol. The second kappa shape index (κ2) is 14.4. The van der Waals surface area contributed by atoms with Gasteiger partial charge in [-0.05, 0) is 150 Å². The average molecular weight is 806 g/mol. The number of allylic oxidation sites excluding steroid dienone is 3. The van der Waals surface area contributed by atoms with Crippen molar-refractivity contribution in [3.63, 3.8) is 0 Å². The maximum absolute atomic E-state index is 10.7. The van der Waals surface area contributed by atoms with E-state index >= 15 is 0 Å². The standard InChI is InChI=1S/C45H59N9O3S/c1-28-10-12-34-35(19-28)58-41(49-34)51-38(46)29(2)31-9-8-16-53(39(31)47)36-13-11-32(37(50-36)40(55)56)33-20-48-54(30(33)3)27-44-22-42(4)21-43(5,23-44)25-45(24-42,26-44)57-18-17-52-14-6-7-15-52/h10-13,19-20,47,50,55-56H,6-9,14-18,21-27H2,1-5H3,(H2,46,49,51)/b31-29-,47-39?. The number of hydrogen-bond acceptors (Lipinski definition) is 10. The number of dihydropyridines is 1. The summed E-state index contributed by atoms with van der Waals surface area (Å²) < 4.78 is 10.2. The van der Waals surface area contributed by atoms with Gasteiger partial charge in [-0.3, -0.25) is 10.1 Å².